The lowest BCUT2D eigenvalue weighted by atomic mass is 10.1. The molecular formula is C19H16ClNO5S. The van der Waals surface area contributed by atoms with E-state index < -0.39 is 21.9 Å². The lowest BCUT2D eigenvalue weighted by molar-refractivity contribution is -0.137. The van der Waals surface area contributed by atoms with Crippen LogP contribution in [0.25, 0.3) is 6.08 Å². The van der Waals surface area contributed by atoms with Gasteiger partial charge in [0.2, 0.25) is 0 Å². The van der Waals surface area contributed by atoms with Crippen LogP contribution >= 0.6 is 11.6 Å². The van der Waals surface area contributed by atoms with Crippen LogP contribution < -0.4 is 0 Å². The summed E-state index contributed by atoms with van der Waals surface area (Å²) in [6, 6.07) is 11.3. The maximum Gasteiger partial charge on any atom is 0.330 e. The molecule has 0 radical (unpaired) electrons. The first-order valence-corrected chi connectivity index (χ1v) is 9.89. The molecule has 0 unspecified atom stereocenters. The zero-order valence-corrected chi connectivity index (χ0v) is 16.0. The van der Waals surface area contributed by atoms with Crippen molar-refractivity contribution in [2.24, 2.45) is 0 Å². The topological polar surface area (TPSA) is 80.8 Å². The van der Waals surface area contributed by atoms with Gasteiger partial charge in [0.05, 0.1) is 12.1 Å². The number of fused-ring (bicyclic) bond motifs is 1. The van der Waals surface area contributed by atoms with Crippen molar-refractivity contribution in [1.82, 2.24) is 4.31 Å². The van der Waals surface area contributed by atoms with E-state index in [9.17, 15) is 18.0 Å². The summed E-state index contributed by atoms with van der Waals surface area (Å²) in [7, 11) is -3.90. The number of hydrogen-bond donors (Lipinski definition) is 0. The van der Waals surface area contributed by atoms with Crippen LogP contribution in [0.3, 0.4) is 0 Å². The van der Waals surface area contributed by atoms with E-state index in [1.165, 1.54) is 18.2 Å². The average Bonchev–Trinajstić information content (AvgIpc) is 2.83. The normalized spacial score (nSPS) is 15.2. The predicted octanol–water partition coefficient (Wildman–Crippen LogP) is 3.05. The van der Waals surface area contributed by atoms with Crippen molar-refractivity contribution in [2.75, 3.05) is 13.2 Å². The molecule has 2 aromatic carbocycles. The molecule has 0 saturated heterocycles. The summed E-state index contributed by atoms with van der Waals surface area (Å²) in [5.41, 5.74) is 1.78. The van der Waals surface area contributed by atoms with Gasteiger partial charge in [-0.05, 0) is 42.3 Å². The Bertz CT molecular complexity index is 1050. The highest BCUT2D eigenvalue weighted by molar-refractivity contribution is 7.90. The van der Waals surface area contributed by atoms with Gasteiger partial charge in [0.15, 0.2) is 0 Å². The van der Waals surface area contributed by atoms with Crippen molar-refractivity contribution in [1.29, 1.82) is 0 Å². The number of rotatable bonds is 5. The Kier molecular flexibility index (Phi) is 5.34. The molecule has 0 atom stereocenters. The quantitative estimate of drug-likeness (QED) is 0.564. The number of amides is 1. The van der Waals surface area contributed by atoms with Crippen molar-refractivity contribution >= 4 is 39.6 Å². The van der Waals surface area contributed by atoms with Gasteiger partial charge in [0.1, 0.15) is 11.5 Å². The van der Waals surface area contributed by atoms with Gasteiger partial charge in [-0.1, -0.05) is 35.9 Å². The minimum absolute atomic E-state index is 0.0301. The number of sulfonamides is 1. The van der Waals surface area contributed by atoms with Gasteiger partial charge >= 0.3 is 5.97 Å². The average molecular weight is 406 g/mol. The Morgan fingerprint density at radius 2 is 1.96 bits per heavy atom. The van der Waals surface area contributed by atoms with E-state index in [0.717, 1.165) is 11.1 Å². The van der Waals surface area contributed by atoms with Crippen molar-refractivity contribution < 1.29 is 22.7 Å². The molecule has 6 nitrogen and oxygen atoms in total. The fourth-order valence-corrected chi connectivity index (χ4v) is 4.35. The lowest BCUT2D eigenvalue weighted by Crippen LogP contribution is -2.33. The molecule has 1 aliphatic heterocycles. The van der Waals surface area contributed by atoms with E-state index in [1.807, 2.05) is 13.0 Å². The monoisotopic (exact) mass is 405 g/mol. The van der Waals surface area contributed by atoms with Crippen LogP contribution in [0.15, 0.2) is 53.4 Å². The molecule has 140 valence electrons. The molecule has 0 saturated carbocycles. The number of benzene rings is 2. The van der Waals surface area contributed by atoms with Crippen molar-refractivity contribution in [3.63, 3.8) is 0 Å². The van der Waals surface area contributed by atoms with Crippen LogP contribution in [0.2, 0.25) is 5.02 Å². The maximum atomic E-state index is 12.4. The first-order chi connectivity index (χ1) is 12.8. The standard InChI is InChI=1S/C19H16ClNO5S/c1-13-6-7-14(12-16(13)20)8-9-18(22)26-11-10-21-19(23)15-4-2-3-5-17(15)27(21,24)25/h2-9,12H,10-11H2,1H3/b9-8+. The van der Waals surface area contributed by atoms with E-state index in [1.54, 1.807) is 30.3 Å². The zero-order valence-electron chi connectivity index (χ0n) is 14.4. The summed E-state index contributed by atoms with van der Waals surface area (Å²) < 4.78 is 30.5. The Labute approximate surface area is 162 Å². The number of hydrogen-bond acceptors (Lipinski definition) is 5. The number of ether oxygens (including phenoxy) is 1. The number of carbonyl (C=O) groups excluding carboxylic acids is 2. The third-order valence-electron chi connectivity index (χ3n) is 4.06. The number of esters is 1. The third-order valence-corrected chi connectivity index (χ3v) is 6.31. The van der Waals surface area contributed by atoms with Crippen LogP contribution in [0.4, 0.5) is 0 Å². The lowest BCUT2D eigenvalue weighted by Gasteiger charge is -2.14. The van der Waals surface area contributed by atoms with Crippen LogP contribution in [0, 0.1) is 6.92 Å². The summed E-state index contributed by atoms with van der Waals surface area (Å²) in [5, 5.41) is 0.586. The van der Waals surface area contributed by atoms with E-state index >= 15 is 0 Å². The fourth-order valence-electron chi connectivity index (χ4n) is 2.61. The van der Waals surface area contributed by atoms with Gasteiger partial charge in [-0.2, -0.15) is 0 Å². The highest BCUT2D eigenvalue weighted by Gasteiger charge is 2.40. The molecule has 0 bridgehead atoms. The van der Waals surface area contributed by atoms with Crippen LogP contribution in [0.5, 0.6) is 0 Å². The summed E-state index contributed by atoms with van der Waals surface area (Å²) in [6.07, 6.45) is 2.76. The molecule has 0 aromatic heterocycles. The second kappa shape index (κ2) is 7.54. The SMILES string of the molecule is Cc1ccc(/C=C/C(=O)OCCN2C(=O)c3ccccc3S2(=O)=O)cc1Cl. The zero-order chi connectivity index (χ0) is 19.6. The fraction of sp³-hybridized carbons (Fsp3) is 0.158. The highest BCUT2D eigenvalue weighted by Crippen LogP contribution is 2.29. The highest BCUT2D eigenvalue weighted by atomic mass is 35.5. The van der Waals surface area contributed by atoms with Gasteiger partial charge < -0.3 is 4.74 Å². The van der Waals surface area contributed by atoms with Gasteiger partial charge in [-0.3, -0.25) is 4.79 Å². The van der Waals surface area contributed by atoms with Gasteiger partial charge in [0.25, 0.3) is 15.9 Å². The molecule has 1 amide bonds. The Balaban J connectivity index is 1.58. The van der Waals surface area contributed by atoms with E-state index in [-0.39, 0.29) is 23.6 Å². The van der Waals surface area contributed by atoms with E-state index in [4.69, 9.17) is 16.3 Å². The molecule has 1 heterocycles. The molecular weight excluding hydrogens is 390 g/mol. The van der Waals surface area contributed by atoms with Gasteiger partial charge in [-0.15, -0.1) is 0 Å². The summed E-state index contributed by atoms with van der Waals surface area (Å²) in [5.74, 6) is -1.26. The number of halogens is 1. The predicted molar refractivity (Wildman–Crippen MR) is 101 cm³/mol. The van der Waals surface area contributed by atoms with Crippen molar-refractivity contribution in [3.05, 3.63) is 70.3 Å². The number of nitrogens with zero attached hydrogens (tertiary/aromatic N) is 1. The smallest absolute Gasteiger partial charge is 0.330 e. The number of aryl methyl sites for hydroxylation is 1. The molecule has 1 aliphatic rings. The summed E-state index contributed by atoms with van der Waals surface area (Å²) in [4.78, 5) is 24.0. The van der Waals surface area contributed by atoms with E-state index in [0.29, 0.717) is 9.33 Å². The first-order valence-electron chi connectivity index (χ1n) is 8.08. The molecule has 0 spiro atoms. The second-order valence-electron chi connectivity index (χ2n) is 5.89. The molecule has 0 aliphatic carbocycles. The van der Waals surface area contributed by atoms with Crippen molar-refractivity contribution in [2.45, 2.75) is 11.8 Å². The minimum Gasteiger partial charge on any atom is -0.461 e. The van der Waals surface area contributed by atoms with Crippen LogP contribution in [-0.4, -0.2) is 37.8 Å². The summed E-state index contributed by atoms with van der Waals surface area (Å²) in [6.45, 7) is 1.39. The minimum atomic E-state index is -3.90. The molecule has 8 heteroatoms. The summed E-state index contributed by atoms with van der Waals surface area (Å²) >= 11 is 6.02. The Hall–Kier alpha value is -2.64. The molecule has 3 rings (SSSR count). The molecule has 27 heavy (non-hydrogen) atoms. The third kappa shape index (κ3) is 3.89. The first kappa shape index (κ1) is 19.1. The maximum absolute atomic E-state index is 12.4. The van der Waals surface area contributed by atoms with Crippen molar-refractivity contribution in [3.8, 4) is 0 Å². The van der Waals surface area contributed by atoms with Gasteiger partial charge in [0, 0.05) is 11.1 Å². The Morgan fingerprint density at radius 1 is 1.22 bits per heavy atom. The van der Waals surface area contributed by atoms with Crippen LogP contribution in [0.1, 0.15) is 21.5 Å². The Morgan fingerprint density at radius 3 is 2.67 bits per heavy atom. The molecule has 2 aromatic rings. The molecule has 0 N–H and O–H groups in total. The largest absolute Gasteiger partial charge is 0.461 e. The van der Waals surface area contributed by atoms with Crippen LogP contribution in [-0.2, 0) is 19.6 Å². The second-order valence-corrected chi connectivity index (χ2v) is 8.13. The van der Waals surface area contributed by atoms with E-state index in [2.05, 4.69) is 0 Å². The molecule has 0 fully saturated rings. The number of carbonyl (C=O) groups is 2. The van der Waals surface area contributed by atoms with Gasteiger partial charge in [-0.25, -0.2) is 17.5 Å².